The molecule has 0 N–H and O–H groups in total. The SMILES string of the molecule is Cc1cc([Si](C)(C)C)c(C)c2ccccc12. The topological polar surface area (TPSA) is 0 Å². The molecule has 0 radical (unpaired) electrons. The van der Waals surface area contributed by atoms with E-state index in [-0.39, 0.29) is 0 Å². The first-order valence-electron chi connectivity index (χ1n) is 5.90. The lowest BCUT2D eigenvalue weighted by atomic mass is 10.0. The summed E-state index contributed by atoms with van der Waals surface area (Å²) >= 11 is 0. The Morgan fingerprint density at radius 3 is 2.00 bits per heavy atom. The van der Waals surface area contributed by atoms with Gasteiger partial charge in [-0.05, 0) is 35.7 Å². The lowest BCUT2D eigenvalue weighted by molar-refractivity contribution is 1.47. The highest BCUT2D eigenvalue weighted by molar-refractivity contribution is 6.89. The van der Waals surface area contributed by atoms with Gasteiger partial charge in [0.25, 0.3) is 0 Å². The first-order valence-corrected chi connectivity index (χ1v) is 9.40. The van der Waals surface area contributed by atoms with Crippen molar-refractivity contribution in [3.63, 3.8) is 0 Å². The van der Waals surface area contributed by atoms with Gasteiger partial charge in [-0.1, -0.05) is 55.2 Å². The fourth-order valence-electron chi connectivity index (χ4n) is 2.48. The predicted molar refractivity (Wildman–Crippen MR) is 76.4 cm³/mol. The van der Waals surface area contributed by atoms with Crippen molar-refractivity contribution in [2.45, 2.75) is 33.5 Å². The van der Waals surface area contributed by atoms with Gasteiger partial charge in [0.05, 0.1) is 8.07 Å². The highest BCUT2D eigenvalue weighted by Gasteiger charge is 2.20. The molecular weight excluding hydrogens is 208 g/mol. The quantitative estimate of drug-likeness (QED) is 0.647. The van der Waals surface area contributed by atoms with E-state index < -0.39 is 8.07 Å². The second-order valence-electron chi connectivity index (χ2n) is 5.66. The Hall–Kier alpha value is -1.08. The molecule has 0 bridgehead atoms. The summed E-state index contributed by atoms with van der Waals surface area (Å²) in [5, 5.41) is 4.44. The van der Waals surface area contributed by atoms with Gasteiger partial charge in [0.1, 0.15) is 0 Å². The maximum atomic E-state index is 2.42. The first kappa shape index (κ1) is 11.4. The van der Waals surface area contributed by atoms with Crippen molar-refractivity contribution in [1.29, 1.82) is 0 Å². The van der Waals surface area contributed by atoms with Gasteiger partial charge in [0.15, 0.2) is 0 Å². The number of aryl methyl sites for hydroxylation is 2. The minimum atomic E-state index is -1.23. The summed E-state index contributed by atoms with van der Waals surface area (Å²) in [6.45, 7) is 11.8. The largest absolute Gasteiger partial charge is 0.0779 e. The molecule has 0 spiro atoms. The minimum Gasteiger partial charge on any atom is -0.0656 e. The highest BCUT2D eigenvalue weighted by atomic mass is 28.3. The predicted octanol–water partition coefficient (Wildman–Crippen LogP) is 4.00. The van der Waals surface area contributed by atoms with Crippen LogP contribution < -0.4 is 5.19 Å². The van der Waals surface area contributed by atoms with E-state index in [2.05, 4.69) is 63.8 Å². The maximum absolute atomic E-state index is 2.42. The molecule has 2 aromatic rings. The molecule has 1 heteroatoms. The van der Waals surface area contributed by atoms with Crippen LogP contribution in [0.4, 0.5) is 0 Å². The molecule has 0 saturated heterocycles. The molecular formula is C15H20Si. The molecule has 0 heterocycles. The molecule has 0 amide bonds. The van der Waals surface area contributed by atoms with Crippen molar-refractivity contribution < 1.29 is 0 Å². The van der Waals surface area contributed by atoms with Crippen LogP contribution in [0, 0.1) is 13.8 Å². The van der Waals surface area contributed by atoms with Gasteiger partial charge in [-0.15, -0.1) is 0 Å². The Labute approximate surface area is 99.3 Å². The van der Waals surface area contributed by atoms with Gasteiger partial charge in [0, 0.05) is 0 Å². The fraction of sp³-hybridized carbons (Fsp3) is 0.333. The number of fused-ring (bicyclic) bond motifs is 1. The van der Waals surface area contributed by atoms with E-state index in [1.165, 1.54) is 21.9 Å². The molecule has 0 aliphatic carbocycles. The lowest BCUT2D eigenvalue weighted by Gasteiger charge is -2.22. The Balaban J connectivity index is 2.86. The summed E-state index contributed by atoms with van der Waals surface area (Å²) < 4.78 is 0. The zero-order valence-corrected chi connectivity index (χ0v) is 11.9. The molecule has 0 unspecified atom stereocenters. The summed E-state index contributed by atoms with van der Waals surface area (Å²) in [7, 11) is -1.23. The Morgan fingerprint density at radius 2 is 1.44 bits per heavy atom. The van der Waals surface area contributed by atoms with Crippen molar-refractivity contribution in [3.05, 3.63) is 41.5 Å². The summed E-state index contributed by atoms with van der Waals surface area (Å²) in [6.07, 6.45) is 0. The van der Waals surface area contributed by atoms with E-state index in [9.17, 15) is 0 Å². The summed E-state index contributed by atoms with van der Waals surface area (Å²) in [5.74, 6) is 0. The fourth-order valence-corrected chi connectivity index (χ4v) is 4.39. The molecule has 2 rings (SSSR count). The molecule has 0 aromatic heterocycles. The zero-order valence-electron chi connectivity index (χ0n) is 10.9. The number of rotatable bonds is 1. The van der Waals surface area contributed by atoms with Gasteiger partial charge in [-0.25, -0.2) is 0 Å². The second-order valence-corrected chi connectivity index (χ2v) is 10.7. The maximum Gasteiger partial charge on any atom is 0.0779 e. The van der Waals surface area contributed by atoms with Crippen LogP contribution in [-0.2, 0) is 0 Å². The van der Waals surface area contributed by atoms with E-state index in [1.54, 1.807) is 5.19 Å². The minimum absolute atomic E-state index is 1.23. The van der Waals surface area contributed by atoms with Gasteiger partial charge < -0.3 is 0 Å². The molecule has 0 nitrogen and oxygen atoms in total. The van der Waals surface area contributed by atoms with Crippen LogP contribution in [0.2, 0.25) is 19.6 Å². The van der Waals surface area contributed by atoms with Crippen molar-refractivity contribution >= 4 is 24.0 Å². The lowest BCUT2D eigenvalue weighted by Crippen LogP contribution is -2.39. The third kappa shape index (κ3) is 1.80. The average molecular weight is 228 g/mol. The molecule has 0 aliphatic heterocycles. The van der Waals surface area contributed by atoms with E-state index >= 15 is 0 Å². The van der Waals surface area contributed by atoms with Crippen molar-refractivity contribution in [3.8, 4) is 0 Å². The van der Waals surface area contributed by atoms with Crippen molar-refractivity contribution in [1.82, 2.24) is 0 Å². The number of hydrogen-bond acceptors (Lipinski definition) is 0. The highest BCUT2D eigenvalue weighted by Crippen LogP contribution is 2.22. The Kier molecular flexibility index (Phi) is 2.67. The summed E-state index contributed by atoms with van der Waals surface area (Å²) in [4.78, 5) is 0. The smallest absolute Gasteiger partial charge is 0.0656 e. The molecule has 84 valence electrons. The third-order valence-electron chi connectivity index (χ3n) is 3.33. The molecule has 0 fully saturated rings. The Bertz CT molecular complexity index is 533. The van der Waals surface area contributed by atoms with Crippen LogP contribution >= 0.6 is 0 Å². The summed E-state index contributed by atoms with van der Waals surface area (Å²) in [5.41, 5.74) is 2.90. The van der Waals surface area contributed by atoms with Crippen LogP contribution in [0.5, 0.6) is 0 Å². The Morgan fingerprint density at radius 1 is 0.875 bits per heavy atom. The molecule has 2 aromatic carbocycles. The van der Waals surface area contributed by atoms with E-state index in [0.717, 1.165) is 0 Å². The van der Waals surface area contributed by atoms with Gasteiger partial charge in [0.2, 0.25) is 0 Å². The van der Waals surface area contributed by atoms with Crippen molar-refractivity contribution in [2.75, 3.05) is 0 Å². The monoisotopic (exact) mass is 228 g/mol. The van der Waals surface area contributed by atoms with Crippen LogP contribution in [0.15, 0.2) is 30.3 Å². The number of benzene rings is 2. The van der Waals surface area contributed by atoms with Crippen LogP contribution in [0.3, 0.4) is 0 Å². The molecule has 0 aliphatic rings. The van der Waals surface area contributed by atoms with E-state index in [1.807, 2.05) is 0 Å². The molecule has 16 heavy (non-hydrogen) atoms. The number of hydrogen-bond donors (Lipinski definition) is 0. The van der Waals surface area contributed by atoms with Crippen LogP contribution in [-0.4, -0.2) is 8.07 Å². The zero-order chi connectivity index (χ0) is 11.9. The standard InChI is InChI=1S/C15H20Si/c1-11-10-15(16(3,4)5)12(2)14-9-7-6-8-13(11)14/h6-10H,1-5H3. The van der Waals surface area contributed by atoms with Gasteiger partial charge in [-0.2, -0.15) is 0 Å². The molecule has 0 atom stereocenters. The van der Waals surface area contributed by atoms with Gasteiger partial charge in [-0.3, -0.25) is 0 Å². The third-order valence-corrected chi connectivity index (χ3v) is 5.46. The second kappa shape index (κ2) is 3.74. The van der Waals surface area contributed by atoms with Crippen LogP contribution in [0.25, 0.3) is 10.8 Å². The van der Waals surface area contributed by atoms with E-state index in [4.69, 9.17) is 0 Å². The summed E-state index contributed by atoms with van der Waals surface area (Å²) in [6, 6.07) is 11.2. The van der Waals surface area contributed by atoms with Gasteiger partial charge >= 0.3 is 0 Å². The molecule has 0 saturated carbocycles. The first-order chi connectivity index (χ1) is 7.41. The normalized spacial score (nSPS) is 12.1. The average Bonchev–Trinajstić information content (AvgIpc) is 2.22. The van der Waals surface area contributed by atoms with E-state index in [0.29, 0.717) is 0 Å². The van der Waals surface area contributed by atoms with Crippen molar-refractivity contribution in [2.24, 2.45) is 0 Å². The van der Waals surface area contributed by atoms with Crippen LogP contribution in [0.1, 0.15) is 11.1 Å².